The van der Waals surface area contributed by atoms with E-state index < -0.39 is 5.97 Å². The minimum Gasteiger partial charge on any atom is -0.481 e. The number of nitrogens with zero attached hydrogens (tertiary/aromatic N) is 2. The predicted octanol–water partition coefficient (Wildman–Crippen LogP) is 1.54. The molecule has 0 rings (SSSR count). The second-order valence-corrected chi connectivity index (χ2v) is 2.29. The van der Waals surface area contributed by atoms with Gasteiger partial charge in [-0.1, -0.05) is 13.3 Å². The maximum Gasteiger partial charge on any atom is 0.304 e. The number of hydrogen-bond donors (Lipinski definition) is 2. The van der Waals surface area contributed by atoms with Crippen LogP contribution in [-0.2, 0) is 4.79 Å². The first-order chi connectivity index (χ1) is 6.12. The molecule has 0 aliphatic rings. The number of carboxylic acids is 1. The van der Waals surface area contributed by atoms with E-state index in [0.717, 1.165) is 6.42 Å². The van der Waals surface area contributed by atoms with Gasteiger partial charge in [0.05, 0.1) is 18.4 Å². The van der Waals surface area contributed by atoms with E-state index in [4.69, 9.17) is 20.5 Å². The van der Waals surface area contributed by atoms with Crippen molar-refractivity contribution < 1.29 is 15.1 Å². The Morgan fingerprint density at radius 3 is 2.38 bits per heavy atom. The number of hydrogen-bond acceptors (Lipinski definition) is 4. The van der Waals surface area contributed by atoms with E-state index >= 15 is 0 Å². The van der Waals surface area contributed by atoms with Gasteiger partial charge in [-0.2, -0.15) is 5.26 Å². The Labute approximate surface area is 75.7 Å². The smallest absolute Gasteiger partial charge is 0.304 e. The Hall–Kier alpha value is -1.64. The largest absolute Gasteiger partial charge is 0.481 e. The fraction of sp³-hybridized carbons (Fsp3) is 0.714. The molecule has 13 heavy (non-hydrogen) atoms. The summed E-state index contributed by atoms with van der Waals surface area (Å²) in [6.45, 7) is 1.94. The van der Waals surface area contributed by atoms with Crippen molar-refractivity contribution in [2.45, 2.75) is 26.2 Å². The molecule has 0 bridgehead atoms. The third-order valence-corrected chi connectivity index (χ3v) is 1.24. The average molecular weight is 188 g/mol. The third-order valence-electron chi connectivity index (χ3n) is 1.24. The van der Waals surface area contributed by atoms with Crippen LogP contribution in [0.4, 0.5) is 0 Å². The molecule has 1 unspecified atom stereocenters. The van der Waals surface area contributed by atoms with E-state index in [1.807, 2.05) is 13.0 Å². The minimum atomic E-state index is -0.889. The Morgan fingerprint density at radius 1 is 1.69 bits per heavy atom. The first kappa shape index (κ1) is 13.9. The van der Waals surface area contributed by atoms with Crippen molar-refractivity contribution in [1.82, 2.24) is 0 Å². The summed E-state index contributed by atoms with van der Waals surface area (Å²) in [5.74, 6) is -1.19. The first-order valence-corrected chi connectivity index (χ1v) is 3.70. The van der Waals surface area contributed by atoms with Crippen LogP contribution in [0.5, 0.6) is 0 Å². The number of carbonyl (C=O) groups is 1. The molecule has 0 fully saturated rings. The summed E-state index contributed by atoms with van der Waals surface area (Å²) in [6, 6.07) is 1.95. The van der Waals surface area contributed by atoms with Gasteiger partial charge in [0.15, 0.2) is 5.34 Å². The lowest BCUT2D eigenvalue weighted by atomic mass is 10.0. The minimum absolute atomic E-state index is 0.0235. The second kappa shape index (κ2) is 10.4. The average Bonchev–Trinajstić information content (AvgIpc) is 2.04. The Bertz CT molecular complexity index is 187. The van der Waals surface area contributed by atoms with Crippen LogP contribution in [0, 0.1) is 22.2 Å². The van der Waals surface area contributed by atoms with Crippen molar-refractivity contribution in [2.24, 2.45) is 11.3 Å². The summed E-state index contributed by atoms with van der Waals surface area (Å²) in [5, 5.41) is 24.6. The summed E-state index contributed by atoms with van der Waals surface area (Å²) < 4.78 is 0. The van der Waals surface area contributed by atoms with E-state index in [2.05, 4.69) is 0 Å². The van der Waals surface area contributed by atoms with Gasteiger partial charge in [-0.25, -0.2) is 0 Å². The lowest BCUT2D eigenvalue weighted by Gasteiger charge is -2.01. The van der Waals surface area contributed by atoms with Gasteiger partial charge in [0.2, 0.25) is 0 Å². The summed E-state index contributed by atoms with van der Waals surface area (Å²) in [7, 11) is 0. The van der Waals surface area contributed by atoms with Crippen molar-refractivity contribution in [2.75, 3.05) is 0 Å². The highest BCUT2D eigenvalue weighted by atomic mass is 16.6. The molecule has 6 heteroatoms. The van der Waals surface area contributed by atoms with Crippen molar-refractivity contribution in [3.8, 4) is 6.07 Å². The molecule has 1 atom stereocenters. The fourth-order valence-corrected chi connectivity index (χ4v) is 0.772. The standard InChI is InChI=1S/C7H11NO2.HNO2/c1-2-3-6(5-8)4-7(9)10;2-1-3/h6H,2-4H2,1H3,(H,9,10);(H,2,3). The molecule has 0 spiro atoms. The molecule has 2 N–H and O–H groups in total. The Balaban J connectivity index is 0. The van der Waals surface area contributed by atoms with Crippen LogP contribution in [0.2, 0.25) is 0 Å². The Morgan fingerprint density at radius 2 is 2.15 bits per heavy atom. The predicted molar refractivity (Wildman–Crippen MR) is 43.8 cm³/mol. The first-order valence-electron chi connectivity index (χ1n) is 3.70. The second-order valence-electron chi connectivity index (χ2n) is 2.29. The highest BCUT2D eigenvalue weighted by molar-refractivity contribution is 5.67. The lowest BCUT2D eigenvalue weighted by molar-refractivity contribution is -0.137. The summed E-state index contributed by atoms with van der Waals surface area (Å²) >= 11 is 0. The molecule has 0 aromatic rings. The van der Waals surface area contributed by atoms with E-state index in [1.54, 1.807) is 0 Å². The molecule has 0 aromatic carbocycles. The van der Waals surface area contributed by atoms with Gasteiger partial charge in [-0.05, 0) is 6.42 Å². The SMILES string of the molecule is CCCC(C#N)CC(=O)O.O=NO. The van der Waals surface area contributed by atoms with Crippen LogP contribution < -0.4 is 0 Å². The van der Waals surface area contributed by atoms with E-state index in [-0.39, 0.29) is 12.3 Å². The van der Waals surface area contributed by atoms with Crippen LogP contribution >= 0.6 is 0 Å². The molecule has 0 aromatic heterocycles. The lowest BCUT2D eigenvalue weighted by Crippen LogP contribution is -2.04. The Kier molecular flexibility index (Phi) is 11.1. The molecular formula is C7H12N2O4. The molecule has 0 saturated heterocycles. The molecule has 0 amide bonds. The van der Waals surface area contributed by atoms with Crippen molar-refractivity contribution in [3.05, 3.63) is 4.91 Å². The highest BCUT2D eigenvalue weighted by Gasteiger charge is 2.09. The third kappa shape index (κ3) is 13.4. The van der Waals surface area contributed by atoms with Gasteiger partial charge in [-0.3, -0.25) is 4.79 Å². The molecule has 0 saturated carbocycles. The van der Waals surface area contributed by atoms with E-state index in [9.17, 15) is 4.79 Å². The molecular weight excluding hydrogens is 176 g/mol. The zero-order valence-corrected chi connectivity index (χ0v) is 7.30. The quantitative estimate of drug-likeness (QED) is 0.513. The zero-order chi connectivity index (χ0) is 10.7. The van der Waals surface area contributed by atoms with Crippen molar-refractivity contribution in [3.63, 3.8) is 0 Å². The molecule has 0 aliphatic heterocycles. The van der Waals surface area contributed by atoms with Crippen LogP contribution in [-0.4, -0.2) is 16.3 Å². The van der Waals surface area contributed by atoms with Gasteiger partial charge >= 0.3 is 5.97 Å². The molecule has 74 valence electrons. The highest BCUT2D eigenvalue weighted by Crippen LogP contribution is 2.08. The fourth-order valence-electron chi connectivity index (χ4n) is 0.772. The molecule has 0 heterocycles. The number of aliphatic carboxylic acids is 1. The van der Waals surface area contributed by atoms with Gasteiger partial charge in [0.25, 0.3) is 0 Å². The zero-order valence-electron chi connectivity index (χ0n) is 7.30. The van der Waals surface area contributed by atoms with E-state index in [1.165, 1.54) is 5.34 Å². The van der Waals surface area contributed by atoms with Crippen LogP contribution in [0.1, 0.15) is 26.2 Å². The van der Waals surface area contributed by atoms with Crippen molar-refractivity contribution >= 4 is 5.97 Å². The van der Waals surface area contributed by atoms with Gasteiger partial charge < -0.3 is 10.3 Å². The molecule has 0 radical (unpaired) electrons. The van der Waals surface area contributed by atoms with Gasteiger partial charge in [0, 0.05) is 0 Å². The number of carboxylic acid groups (broad SMARTS) is 1. The normalized spacial score (nSPS) is 10.2. The summed E-state index contributed by atoms with van der Waals surface area (Å²) in [4.78, 5) is 18.2. The molecule has 0 aliphatic carbocycles. The summed E-state index contributed by atoms with van der Waals surface area (Å²) in [6.07, 6.45) is 1.53. The van der Waals surface area contributed by atoms with Crippen molar-refractivity contribution in [1.29, 1.82) is 5.26 Å². The van der Waals surface area contributed by atoms with Gasteiger partial charge in [-0.15, -0.1) is 4.91 Å². The topological polar surface area (TPSA) is 111 Å². The number of nitriles is 1. The number of rotatable bonds is 4. The molecule has 6 nitrogen and oxygen atoms in total. The van der Waals surface area contributed by atoms with Gasteiger partial charge in [0.1, 0.15) is 0 Å². The van der Waals surface area contributed by atoms with E-state index in [0.29, 0.717) is 6.42 Å². The van der Waals surface area contributed by atoms with Crippen LogP contribution in [0.25, 0.3) is 0 Å². The monoisotopic (exact) mass is 188 g/mol. The van der Waals surface area contributed by atoms with Crippen LogP contribution in [0.15, 0.2) is 5.34 Å². The van der Waals surface area contributed by atoms with Crippen LogP contribution in [0.3, 0.4) is 0 Å². The maximum absolute atomic E-state index is 10.1. The summed E-state index contributed by atoms with van der Waals surface area (Å²) in [5.41, 5.74) is 0. The maximum atomic E-state index is 10.1.